The Bertz CT molecular complexity index is 171. The number of hydrogen-bond donors (Lipinski definition) is 1. The Hall–Kier alpha value is 0.110. The quantitative estimate of drug-likeness (QED) is 0.685. The van der Waals surface area contributed by atoms with Crippen molar-refractivity contribution in [3.63, 3.8) is 0 Å². The van der Waals surface area contributed by atoms with Crippen LogP contribution >= 0.6 is 7.60 Å². The maximum absolute atomic E-state index is 11.8. The molecule has 0 atom stereocenters. The third kappa shape index (κ3) is 2.07. The highest BCUT2D eigenvalue weighted by Crippen LogP contribution is 2.54. The zero-order chi connectivity index (χ0) is 9.03. The molecule has 1 N–H and O–H groups in total. The van der Waals surface area contributed by atoms with E-state index in [4.69, 9.17) is 9.05 Å². The maximum Gasteiger partial charge on any atom is 0.333 e. The van der Waals surface area contributed by atoms with Crippen LogP contribution in [0.2, 0.25) is 0 Å². The van der Waals surface area contributed by atoms with Crippen molar-refractivity contribution < 1.29 is 13.6 Å². The molecule has 0 spiro atoms. The fourth-order valence-corrected chi connectivity index (χ4v) is 3.13. The van der Waals surface area contributed by atoms with Gasteiger partial charge < -0.3 is 14.4 Å². The first-order chi connectivity index (χ1) is 5.73. The van der Waals surface area contributed by atoms with E-state index in [1.54, 1.807) is 0 Å². The molecule has 0 aromatic heterocycles. The summed E-state index contributed by atoms with van der Waals surface area (Å²) in [4.78, 5) is 0. The molecule has 0 aromatic rings. The molecule has 1 fully saturated rings. The van der Waals surface area contributed by atoms with E-state index in [9.17, 15) is 4.57 Å². The summed E-state index contributed by atoms with van der Waals surface area (Å²) in [5.41, 5.74) is 0.0775. The van der Waals surface area contributed by atoms with Gasteiger partial charge in [-0.15, -0.1) is 0 Å². The second-order valence-electron chi connectivity index (χ2n) is 2.89. The van der Waals surface area contributed by atoms with Crippen LogP contribution in [0.15, 0.2) is 0 Å². The van der Waals surface area contributed by atoms with Crippen molar-refractivity contribution in [3.05, 3.63) is 0 Å². The second kappa shape index (κ2) is 4.38. The Morgan fingerprint density at radius 2 is 1.75 bits per heavy atom. The lowest BCUT2D eigenvalue weighted by molar-refractivity contribution is 0.257. The molecule has 12 heavy (non-hydrogen) atoms. The number of piperidine rings is 1. The molecular weight excluding hydrogens is 177 g/mol. The summed E-state index contributed by atoms with van der Waals surface area (Å²) in [6, 6.07) is 0. The highest BCUT2D eigenvalue weighted by Gasteiger charge is 2.34. The first-order valence-corrected chi connectivity index (χ1v) is 5.76. The molecule has 5 heteroatoms. The molecular formula is C7H16NO3P. The van der Waals surface area contributed by atoms with Crippen LogP contribution < -0.4 is 5.32 Å². The summed E-state index contributed by atoms with van der Waals surface area (Å²) in [7, 11) is 0.105. The Balaban J connectivity index is 2.58. The van der Waals surface area contributed by atoms with Crippen molar-refractivity contribution in [1.82, 2.24) is 5.32 Å². The van der Waals surface area contributed by atoms with Crippen LogP contribution in [0.4, 0.5) is 0 Å². The van der Waals surface area contributed by atoms with Gasteiger partial charge in [-0.3, -0.25) is 4.57 Å². The summed E-state index contributed by atoms with van der Waals surface area (Å²) in [6.45, 7) is 1.81. The van der Waals surface area contributed by atoms with Crippen LogP contribution in [0.1, 0.15) is 12.8 Å². The normalized spacial score (nSPS) is 21.2. The lowest BCUT2D eigenvalue weighted by Gasteiger charge is -2.27. The molecule has 1 saturated heterocycles. The van der Waals surface area contributed by atoms with E-state index in [0.717, 1.165) is 25.9 Å². The molecule has 1 rings (SSSR count). The number of nitrogens with one attached hydrogen (secondary N) is 1. The Morgan fingerprint density at radius 3 is 2.17 bits per heavy atom. The van der Waals surface area contributed by atoms with Crippen molar-refractivity contribution in [2.75, 3.05) is 27.3 Å². The highest BCUT2D eigenvalue weighted by atomic mass is 31.2. The molecule has 0 unspecified atom stereocenters. The van der Waals surface area contributed by atoms with Crippen molar-refractivity contribution >= 4 is 7.60 Å². The highest BCUT2D eigenvalue weighted by molar-refractivity contribution is 7.54. The molecule has 0 aromatic carbocycles. The van der Waals surface area contributed by atoms with E-state index in [0.29, 0.717) is 0 Å². The first-order valence-electron chi connectivity index (χ1n) is 4.15. The van der Waals surface area contributed by atoms with Gasteiger partial charge in [0.2, 0.25) is 0 Å². The smallest absolute Gasteiger partial charge is 0.317 e. The van der Waals surface area contributed by atoms with E-state index in [2.05, 4.69) is 5.32 Å². The van der Waals surface area contributed by atoms with Crippen molar-refractivity contribution in [2.45, 2.75) is 18.5 Å². The molecule has 0 bridgehead atoms. The van der Waals surface area contributed by atoms with Gasteiger partial charge in [0.25, 0.3) is 0 Å². The van der Waals surface area contributed by atoms with Gasteiger partial charge in [0, 0.05) is 14.2 Å². The van der Waals surface area contributed by atoms with Crippen LogP contribution in [-0.4, -0.2) is 33.0 Å². The fraction of sp³-hybridized carbons (Fsp3) is 1.00. The van der Waals surface area contributed by atoms with Gasteiger partial charge in [0.1, 0.15) is 0 Å². The average molecular weight is 193 g/mol. The molecule has 1 heterocycles. The monoisotopic (exact) mass is 193 g/mol. The third-order valence-corrected chi connectivity index (χ3v) is 4.69. The van der Waals surface area contributed by atoms with E-state index in [1.807, 2.05) is 0 Å². The Labute approximate surface area is 73.2 Å². The minimum Gasteiger partial charge on any atom is -0.317 e. The Kier molecular flexibility index (Phi) is 3.72. The minimum absolute atomic E-state index is 0.0775. The molecule has 0 saturated carbocycles. The average Bonchev–Trinajstić information content (AvgIpc) is 2.18. The Morgan fingerprint density at radius 1 is 1.25 bits per heavy atom. The molecule has 4 nitrogen and oxygen atoms in total. The molecule has 72 valence electrons. The van der Waals surface area contributed by atoms with E-state index in [-0.39, 0.29) is 5.66 Å². The number of rotatable bonds is 3. The van der Waals surface area contributed by atoms with Gasteiger partial charge in [-0.05, 0) is 25.9 Å². The minimum atomic E-state index is -2.80. The molecule has 0 radical (unpaired) electrons. The fourth-order valence-electron chi connectivity index (χ4n) is 1.50. The zero-order valence-corrected chi connectivity index (χ0v) is 8.47. The van der Waals surface area contributed by atoms with Crippen molar-refractivity contribution in [1.29, 1.82) is 0 Å². The molecule has 0 amide bonds. The van der Waals surface area contributed by atoms with Gasteiger partial charge in [0.15, 0.2) is 0 Å². The van der Waals surface area contributed by atoms with E-state index >= 15 is 0 Å². The summed E-state index contributed by atoms with van der Waals surface area (Å²) in [5, 5.41) is 3.20. The molecule has 1 aliphatic heterocycles. The van der Waals surface area contributed by atoms with Crippen molar-refractivity contribution in [3.8, 4) is 0 Å². The van der Waals surface area contributed by atoms with Crippen LogP contribution in [0.5, 0.6) is 0 Å². The van der Waals surface area contributed by atoms with Gasteiger partial charge in [-0.1, -0.05) is 0 Å². The SMILES string of the molecule is COP(=O)(OC)C1CCNCC1. The lowest BCUT2D eigenvalue weighted by atomic mass is 10.2. The van der Waals surface area contributed by atoms with Gasteiger partial charge >= 0.3 is 7.60 Å². The van der Waals surface area contributed by atoms with E-state index < -0.39 is 7.60 Å². The van der Waals surface area contributed by atoms with E-state index in [1.165, 1.54) is 14.2 Å². The van der Waals surface area contributed by atoms with Crippen molar-refractivity contribution in [2.24, 2.45) is 0 Å². The van der Waals surface area contributed by atoms with Crippen LogP contribution in [-0.2, 0) is 13.6 Å². The summed E-state index contributed by atoms with van der Waals surface area (Å²) in [6.07, 6.45) is 1.75. The largest absolute Gasteiger partial charge is 0.333 e. The van der Waals surface area contributed by atoms with Gasteiger partial charge in [-0.2, -0.15) is 0 Å². The maximum atomic E-state index is 11.8. The second-order valence-corrected chi connectivity index (χ2v) is 5.43. The van der Waals surface area contributed by atoms with Gasteiger partial charge in [0.05, 0.1) is 5.66 Å². The third-order valence-electron chi connectivity index (χ3n) is 2.26. The van der Waals surface area contributed by atoms with Crippen LogP contribution in [0, 0.1) is 0 Å². The summed E-state index contributed by atoms with van der Waals surface area (Å²) >= 11 is 0. The molecule has 1 aliphatic rings. The predicted octanol–water partition coefficient (Wildman–Crippen LogP) is 1.22. The molecule has 0 aliphatic carbocycles. The predicted molar refractivity (Wildman–Crippen MR) is 47.5 cm³/mol. The van der Waals surface area contributed by atoms with Crippen LogP contribution in [0.3, 0.4) is 0 Å². The standard InChI is InChI=1S/C7H16NO3P/c1-10-12(9,11-2)7-3-5-8-6-4-7/h7-8H,3-6H2,1-2H3. The topological polar surface area (TPSA) is 47.6 Å². The van der Waals surface area contributed by atoms with Gasteiger partial charge in [-0.25, -0.2) is 0 Å². The first kappa shape index (κ1) is 10.2. The summed E-state index contributed by atoms with van der Waals surface area (Å²) in [5.74, 6) is 0. The zero-order valence-electron chi connectivity index (χ0n) is 7.58. The number of hydrogen-bond acceptors (Lipinski definition) is 4. The summed E-state index contributed by atoms with van der Waals surface area (Å²) < 4.78 is 21.7. The van der Waals surface area contributed by atoms with Crippen LogP contribution in [0.25, 0.3) is 0 Å². The lowest BCUT2D eigenvalue weighted by Crippen LogP contribution is -2.31.